The lowest BCUT2D eigenvalue weighted by atomic mass is 10.1. The van der Waals surface area contributed by atoms with E-state index in [1.807, 2.05) is 36.4 Å². The first kappa shape index (κ1) is 17.3. The minimum Gasteiger partial charge on any atom is -0.491 e. The van der Waals surface area contributed by atoms with Gasteiger partial charge in [-0.1, -0.05) is 24.3 Å². The van der Waals surface area contributed by atoms with Gasteiger partial charge in [0.2, 0.25) is 4.91 Å². The summed E-state index contributed by atoms with van der Waals surface area (Å²) in [5.74, 6) is -0.194. The van der Waals surface area contributed by atoms with Gasteiger partial charge in [0.15, 0.2) is 10.2 Å². The Morgan fingerprint density at radius 2 is 1.85 bits per heavy atom. The van der Waals surface area contributed by atoms with Crippen LogP contribution in [0.5, 0.6) is 11.5 Å². The number of hydrogen-bond acceptors (Lipinski definition) is 6. The van der Waals surface area contributed by atoms with Gasteiger partial charge < -0.3 is 19.3 Å². The third-order valence-electron chi connectivity index (χ3n) is 3.48. The van der Waals surface area contributed by atoms with Crippen LogP contribution in [-0.2, 0) is 9.53 Å². The molecule has 0 saturated carbocycles. The molecule has 1 aliphatic heterocycles. The molecular formula is C18H16N3O5+. The lowest BCUT2D eigenvalue weighted by molar-refractivity contribution is -0.132. The quantitative estimate of drug-likeness (QED) is 0.580. The summed E-state index contributed by atoms with van der Waals surface area (Å²) >= 11 is 0. The van der Waals surface area contributed by atoms with Gasteiger partial charge in [-0.3, -0.25) is 0 Å². The molecule has 1 N–H and O–H groups in total. The number of hydrogen-bond donors (Lipinski definition) is 1. The van der Waals surface area contributed by atoms with Crippen molar-refractivity contribution in [1.29, 1.82) is 0 Å². The molecule has 0 unspecified atom stereocenters. The Balaban J connectivity index is 1.72. The molecule has 26 heavy (non-hydrogen) atoms. The molecule has 3 rings (SSSR count). The second-order valence-corrected chi connectivity index (χ2v) is 5.24. The van der Waals surface area contributed by atoms with E-state index >= 15 is 0 Å². The third-order valence-corrected chi connectivity index (χ3v) is 3.48. The lowest BCUT2D eigenvalue weighted by Gasteiger charge is -2.08. The molecule has 132 valence electrons. The second kappa shape index (κ2) is 8.06. The summed E-state index contributed by atoms with van der Waals surface area (Å²) in [5, 5.41) is 16.0. The van der Waals surface area contributed by atoms with Gasteiger partial charge in [-0.05, 0) is 35.4 Å². The van der Waals surface area contributed by atoms with Gasteiger partial charge in [-0.15, -0.1) is 0 Å². The van der Waals surface area contributed by atoms with E-state index in [9.17, 15) is 4.79 Å². The Bertz CT molecular complexity index is 899. The van der Waals surface area contributed by atoms with Crippen molar-refractivity contribution in [1.82, 2.24) is 4.91 Å². The summed E-state index contributed by atoms with van der Waals surface area (Å²) in [6, 6.07) is 14.8. The van der Waals surface area contributed by atoms with Crippen molar-refractivity contribution in [3.05, 3.63) is 60.1 Å². The number of carbonyl (C=O) groups is 1. The number of benzene rings is 2. The number of nitrogens with zero attached hydrogens (tertiary/aromatic N) is 3. The smallest absolute Gasteiger partial charge is 0.368 e. The molecule has 8 nitrogen and oxygen atoms in total. The summed E-state index contributed by atoms with van der Waals surface area (Å²) in [4.78, 5) is 14.3. The number of rotatable bonds is 8. The van der Waals surface area contributed by atoms with Crippen LogP contribution in [-0.4, -0.2) is 31.4 Å². The Hall–Kier alpha value is -3.48. The van der Waals surface area contributed by atoms with Crippen LogP contribution in [0.25, 0.3) is 11.1 Å². The van der Waals surface area contributed by atoms with Gasteiger partial charge >= 0.3 is 17.5 Å². The maximum absolute atomic E-state index is 11.0. The van der Waals surface area contributed by atoms with Crippen LogP contribution in [0.3, 0.4) is 0 Å². The molecule has 8 heteroatoms. The highest BCUT2D eigenvalue weighted by Crippen LogP contribution is 2.27. The van der Waals surface area contributed by atoms with Crippen LogP contribution in [0.1, 0.15) is 0 Å². The van der Waals surface area contributed by atoms with E-state index in [2.05, 4.69) is 15.1 Å². The molecule has 1 aliphatic rings. The number of carboxylic acids is 1. The highest BCUT2D eigenvalue weighted by molar-refractivity contribution is 5.86. The van der Waals surface area contributed by atoms with E-state index in [0.717, 1.165) is 16.9 Å². The fourth-order valence-corrected chi connectivity index (χ4v) is 2.24. The Labute approximate surface area is 149 Å². The van der Waals surface area contributed by atoms with Gasteiger partial charge in [0.1, 0.15) is 18.1 Å². The highest BCUT2D eigenvalue weighted by atomic mass is 16.5. The van der Waals surface area contributed by atoms with Gasteiger partial charge in [-0.25, -0.2) is 4.79 Å². The molecule has 0 saturated heterocycles. The van der Waals surface area contributed by atoms with E-state index in [4.69, 9.17) is 19.3 Å². The SMILES string of the molecule is COCCOc1cccc(-c2ccc(OC3=C(C(=O)O)N=[N+]=N3)cc2)c1. The van der Waals surface area contributed by atoms with Crippen LogP contribution in [0.2, 0.25) is 0 Å². The van der Waals surface area contributed by atoms with Crippen molar-refractivity contribution < 1.29 is 24.1 Å². The van der Waals surface area contributed by atoms with Gasteiger partial charge in [0.05, 0.1) is 6.61 Å². The monoisotopic (exact) mass is 354 g/mol. The normalized spacial score (nSPS) is 12.5. The van der Waals surface area contributed by atoms with Crippen molar-refractivity contribution in [2.24, 2.45) is 10.2 Å². The van der Waals surface area contributed by atoms with Crippen LogP contribution in [0.15, 0.2) is 70.3 Å². The number of methoxy groups -OCH3 is 1. The largest absolute Gasteiger partial charge is 0.491 e. The molecular weight excluding hydrogens is 338 g/mol. The topological polar surface area (TPSA) is 104 Å². The molecule has 1 heterocycles. The van der Waals surface area contributed by atoms with E-state index < -0.39 is 5.97 Å². The second-order valence-electron chi connectivity index (χ2n) is 5.24. The Morgan fingerprint density at radius 3 is 2.58 bits per heavy atom. The molecule has 0 aliphatic carbocycles. The summed E-state index contributed by atoms with van der Waals surface area (Å²) in [6.45, 7) is 1.00. The van der Waals surface area contributed by atoms with Crippen molar-refractivity contribution in [2.75, 3.05) is 20.3 Å². The van der Waals surface area contributed by atoms with Gasteiger partial charge in [0.25, 0.3) is 0 Å². The Kier molecular flexibility index (Phi) is 5.38. The average molecular weight is 354 g/mol. The van der Waals surface area contributed by atoms with Crippen LogP contribution in [0.4, 0.5) is 0 Å². The minimum atomic E-state index is -1.24. The zero-order valence-electron chi connectivity index (χ0n) is 14.0. The zero-order chi connectivity index (χ0) is 18.4. The minimum absolute atomic E-state index is 0.140. The first-order valence-corrected chi connectivity index (χ1v) is 7.77. The Morgan fingerprint density at radius 1 is 1.04 bits per heavy atom. The molecule has 2 aromatic carbocycles. The fourth-order valence-electron chi connectivity index (χ4n) is 2.24. The predicted octanol–water partition coefficient (Wildman–Crippen LogP) is 3.00. The van der Waals surface area contributed by atoms with Crippen LogP contribution >= 0.6 is 0 Å². The molecule has 0 radical (unpaired) electrons. The molecule has 0 fully saturated rings. The standard InChI is InChI=1S/C18H15N3O5/c1-24-9-10-25-15-4-2-3-13(11-15)12-5-7-14(8-6-12)26-17-16(18(22)23)19-21-20-17/h2-8,11H,9-10H2,1H3/p+1. The maximum Gasteiger partial charge on any atom is 0.368 e. The zero-order valence-corrected chi connectivity index (χ0v) is 14.0. The maximum atomic E-state index is 11.0. The highest BCUT2D eigenvalue weighted by Gasteiger charge is 2.29. The predicted molar refractivity (Wildman–Crippen MR) is 91.5 cm³/mol. The summed E-state index contributed by atoms with van der Waals surface area (Å²) < 4.78 is 16.0. The van der Waals surface area contributed by atoms with Gasteiger partial charge in [0, 0.05) is 7.11 Å². The van der Waals surface area contributed by atoms with E-state index in [-0.39, 0.29) is 11.6 Å². The molecule has 0 aromatic heterocycles. The fraction of sp³-hybridized carbons (Fsp3) is 0.167. The van der Waals surface area contributed by atoms with E-state index in [1.54, 1.807) is 19.2 Å². The number of ether oxygens (including phenoxy) is 3. The van der Waals surface area contributed by atoms with E-state index in [1.165, 1.54) is 0 Å². The summed E-state index contributed by atoms with van der Waals surface area (Å²) in [7, 11) is 1.62. The van der Waals surface area contributed by atoms with Crippen molar-refractivity contribution >= 4 is 5.97 Å². The number of aliphatic carboxylic acids is 1. The van der Waals surface area contributed by atoms with Gasteiger partial charge in [-0.2, -0.15) is 0 Å². The molecule has 0 spiro atoms. The van der Waals surface area contributed by atoms with Crippen LogP contribution in [0, 0.1) is 0 Å². The van der Waals surface area contributed by atoms with E-state index in [0.29, 0.717) is 19.0 Å². The first-order valence-electron chi connectivity index (χ1n) is 7.77. The molecule has 0 bridgehead atoms. The number of carboxylic acid groups (broad SMARTS) is 1. The summed E-state index contributed by atoms with van der Waals surface area (Å²) in [5.41, 5.74) is 1.61. The van der Waals surface area contributed by atoms with Crippen molar-refractivity contribution in [3.8, 4) is 22.6 Å². The first-order chi connectivity index (χ1) is 12.7. The van der Waals surface area contributed by atoms with Crippen molar-refractivity contribution in [2.45, 2.75) is 0 Å². The average Bonchev–Trinajstić information content (AvgIpc) is 3.11. The third kappa shape index (κ3) is 4.13. The molecule has 2 aromatic rings. The summed E-state index contributed by atoms with van der Waals surface area (Å²) in [6.07, 6.45) is 0. The van der Waals surface area contributed by atoms with Crippen LogP contribution < -0.4 is 14.4 Å². The van der Waals surface area contributed by atoms with Crippen molar-refractivity contribution in [3.63, 3.8) is 0 Å². The molecule has 0 amide bonds. The molecule has 0 atom stereocenters. The lowest BCUT2D eigenvalue weighted by Crippen LogP contribution is -2.04.